The van der Waals surface area contributed by atoms with E-state index in [0.717, 1.165) is 10.6 Å². The summed E-state index contributed by atoms with van der Waals surface area (Å²) in [4.78, 5) is 25.5. The molecule has 2 aromatic rings. The molecule has 6 nitrogen and oxygen atoms in total. The first-order chi connectivity index (χ1) is 11.7. The van der Waals surface area contributed by atoms with Crippen molar-refractivity contribution in [3.05, 3.63) is 65.7 Å². The van der Waals surface area contributed by atoms with Gasteiger partial charge in [-0.1, -0.05) is 30.3 Å². The standard InChI is InChI=1S/C17H14N4O2S/c22-15-13-8-4-5-9-14(13)16(23)21(15)11-10-18-20-17(24)19-12-6-2-1-3-7-12/h1-10H,11H2,(H2,19,20,24)/b18-10+. The largest absolute Gasteiger partial charge is 0.331 e. The number of hydrogen-bond acceptors (Lipinski definition) is 4. The van der Waals surface area contributed by atoms with Gasteiger partial charge in [-0.2, -0.15) is 5.10 Å². The Morgan fingerprint density at radius 1 is 1.00 bits per heavy atom. The maximum Gasteiger partial charge on any atom is 0.261 e. The lowest BCUT2D eigenvalue weighted by Gasteiger charge is -2.10. The van der Waals surface area contributed by atoms with Crippen LogP contribution in [-0.4, -0.2) is 34.6 Å². The molecule has 0 atom stereocenters. The molecule has 120 valence electrons. The molecule has 0 spiro atoms. The van der Waals surface area contributed by atoms with Gasteiger partial charge >= 0.3 is 0 Å². The van der Waals surface area contributed by atoms with Crippen LogP contribution < -0.4 is 10.7 Å². The second kappa shape index (κ2) is 7.01. The Balaban J connectivity index is 1.53. The maximum absolute atomic E-state index is 12.2. The molecule has 0 aromatic heterocycles. The average molecular weight is 338 g/mol. The number of hydrazone groups is 1. The predicted octanol–water partition coefficient (Wildman–Crippen LogP) is 2.25. The van der Waals surface area contributed by atoms with Crippen LogP contribution in [0, 0.1) is 0 Å². The number of amides is 2. The highest BCUT2D eigenvalue weighted by Crippen LogP contribution is 2.21. The molecule has 3 rings (SSSR count). The Morgan fingerprint density at radius 2 is 1.58 bits per heavy atom. The van der Waals surface area contributed by atoms with Crippen LogP contribution in [0.25, 0.3) is 0 Å². The molecule has 0 unspecified atom stereocenters. The number of carbonyl (C=O) groups is 2. The van der Waals surface area contributed by atoms with Gasteiger partial charge in [0.05, 0.1) is 17.7 Å². The van der Waals surface area contributed by atoms with Crippen LogP contribution in [0.2, 0.25) is 0 Å². The molecule has 0 saturated heterocycles. The molecule has 24 heavy (non-hydrogen) atoms. The minimum absolute atomic E-state index is 0.0767. The quantitative estimate of drug-likeness (QED) is 0.387. The van der Waals surface area contributed by atoms with Crippen LogP contribution in [0.4, 0.5) is 5.69 Å². The Bertz CT molecular complexity index is 785. The van der Waals surface area contributed by atoms with Gasteiger partial charge in [-0.25, -0.2) is 0 Å². The highest BCUT2D eigenvalue weighted by Gasteiger charge is 2.34. The van der Waals surface area contributed by atoms with Crippen molar-refractivity contribution in [2.24, 2.45) is 5.10 Å². The SMILES string of the molecule is O=C1c2ccccc2C(=O)N1C/C=N/NC(=S)Nc1ccccc1. The Hall–Kier alpha value is -3.06. The zero-order chi connectivity index (χ0) is 16.9. The highest BCUT2D eigenvalue weighted by atomic mass is 32.1. The lowest BCUT2D eigenvalue weighted by Crippen LogP contribution is -2.32. The zero-order valence-corrected chi connectivity index (χ0v) is 13.4. The predicted molar refractivity (Wildman–Crippen MR) is 96.1 cm³/mol. The molecule has 7 heteroatoms. The summed E-state index contributed by atoms with van der Waals surface area (Å²) in [6.07, 6.45) is 1.43. The van der Waals surface area contributed by atoms with Gasteiger partial charge in [-0.3, -0.25) is 19.9 Å². The van der Waals surface area contributed by atoms with Gasteiger partial charge in [0, 0.05) is 11.9 Å². The number of imide groups is 1. The maximum atomic E-state index is 12.2. The van der Waals surface area contributed by atoms with Gasteiger partial charge in [-0.05, 0) is 36.5 Å². The van der Waals surface area contributed by atoms with E-state index in [-0.39, 0.29) is 18.4 Å². The van der Waals surface area contributed by atoms with Crippen LogP contribution in [0.5, 0.6) is 0 Å². The summed E-state index contributed by atoms with van der Waals surface area (Å²) in [5, 5.41) is 7.22. The van der Waals surface area contributed by atoms with E-state index < -0.39 is 0 Å². The third-order valence-corrected chi connectivity index (χ3v) is 3.62. The molecule has 1 aliphatic heterocycles. The molecular weight excluding hydrogens is 324 g/mol. The molecule has 0 aliphatic carbocycles. The summed E-state index contributed by atoms with van der Waals surface area (Å²) in [7, 11) is 0. The summed E-state index contributed by atoms with van der Waals surface area (Å²) >= 11 is 5.10. The van der Waals surface area contributed by atoms with Gasteiger partial charge in [0.2, 0.25) is 0 Å². The fourth-order valence-electron chi connectivity index (χ4n) is 2.31. The first kappa shape index (κ1) is 15.8. The van der Waals surface area contributed by atoms with Gasteiger partial charge in [0.25, 0.3) is 11.8 Å². The van der Waals surface area contributed by atoms with E-state index in [1.165, 1.54) is 6.21 Å². The van der Waals surface area contributed by atoms with Gasteiger partial charge < -0.3 is 5.32 Å². The van der Waals surface area contributed by atoms with Crippen LogP contribution in [0.3, 0.4) is 0 Å². The van der Waals surface area contributed by atoms with Gasteiger partial charge in [-0.15, -0.1) is 0 Å². The van der Waals surface area contributed by atoms with Crippen molar-refractivity contribution in [1.29, 1.82) is 0 Å². The van der Waals surface area contributed by atoms with E-state index in [4.69, 9.17) is 12.2 Å². The lowest BCUT2D eigenvalue weighted by molar-refractivity contribution is 0.0679. The third-order valence-electron chi connectivity index (χ3n) is 3.43. The number of anilines is 1. The van der Waals surface area contributed by atoms with Gasteiger partial charge in [0.1, 0.15) is 0 Å². The van der Waals surface area contributed by atoms with E-state index in [9.17, 15) is 9.59 Å². The monoisotopic (exact) mass is 338 g/mol. The third kappa shape index (κ3) is 3.31. The second-order valence-electron chi connectivity index (χ2n) is 5.01. The smallest absolute Gasteiger partial charge is 0.261 e. The first-order valence-electron chi connectivity index (χ1n) is 7.25. The van der Waals surface area contributed by atoms with E-state index >= 15 is 0 Å². The molecule has 0 radical (unpaired) electrons. The van der Waals surface area contributed by atoms with E-state index in [2.05, 4.69) is 15.8 Å². The number of carbonyl (C=O) groups excluding carboxylic acids is 2. The van der Waals surface area contributed by atoms with Crippen molar-refractivity contribution in [3.8, 4) is 0 Å². The van der Waals surface area contributed by atoms with Gasteiger partial charge in [0.15, 0.2) is 5.11 Å². The van der Waals surface area contributed by atoms with Crippen LogP contribution in [0.15, 0.2) is 59.7 Å². The molecule has 2 aromatic carbocycles. The van der Waals surface area contributed by atoms with Crippen molar-refractivity contribution in [1.82, 2.24) is 10.3 Å². The Kier molecular flexibility index (Phi) is 4.62. The number of rotatable bonds is 4. The Morgan fingerprint density at radius 3 is 2.21 bits per heavy atom. The topological polar surface area (TPSA) is 73.8 Å². The van der Waals surface area contributed by atoms with Crippen molar-refractivity contribution in [3.63, 3.8) is 0 Å². The summed E-state index contributed by atoms with van der Waals surface area (Å²) in [6, 6.07) is 16.2. The summed E-state index contributed by atoms with van der Waals surface area (Å²) in [6.45, 7) is 0.0767. The molecule has 0 fully saturated rings. The summed E-state index contributed by atoms with van der Waals surface area (Å²) in [5.74, 6) is -0.626. The minimum Gasteiger partial charge on any atom is -0.331 e. The number of hydrogen-bond donors (Lipinski definition) is 2. The zero-order valence-electron chi connectivity index (χ0n) is 12.6. The number of benzene rings is 2. The summed E-state index contributed by atoms with van der Waals surface area (Å²) in [5.41, 5.74) is 4.33. The van der Waals surface area contributed by atoms with Crippen LogP contribution in [-0.2, 0) is 0 Å². The van der Waals surface area contributed by atoms with E-state index in [0.29, 0.717) is 16.2 Å². The van der Waals surface area contributed by atoms with Crippen LogP contribution >= 0.6 is 12.2 Å². The molecule has 1 heterocycles. The van der Waals surface area contributed by atoms with E-state index in [1.807, 2.05) is 30.3 Å². The molecule has 0 bridgehead atoms. The van der Waals surface area contributed by atoms with Crippen molar-refractivity contribution < 1.29 is 9.59 Å². The second-order valence-corrected chi connectivity index (χ2v) is 5.42. The molecular formula is C17H14N4O2S. The van der Waals surface area contributed by atoms with Crippen molar-refractivity contribution in [2.75, 3.05) is 11.9 Å². The van der Waals surface area contributed by atoms with Crippen molar-refractivity contribution in [2.45, 2.75) is 0 Å². The lowest BCUT2D eigenvalue weighted by atomic mass is 10.1. The summed E-state index contributed by atoms with van der Waals surface area (Å²) < 4.78 is 0. The first-order valence-corrected chi connectivity index (χ1v) is 7.66. The number of nitrogens with one attached hydrogen (secondary N) is 2. The fourth-order valence-corrected chi connectivity index (χ4v) is 2.48. The van der Waals surface area contributed by atoms with E-state index in [1.54, 1.807) is 24.3 Å². The normalized spacial score (nSPS) is 13.2. The van der Waals surface area contributed by atoms with Crippen LogP contribution in [0.1, 0.15) is 20.7 Å². The molecule has 0 saturated carbocycles. The van der Waals surface area contributed by atoms with Crippen molar-refractivity contribution >= 4 is 41.0 Å². The number of para-hydroxylation sites is 1. The number of nitrogens with zero attached hydrogens (tertiary/aromatic N) is 2. The number of thiocarbonyl (C=S) groups is 1. The molecule has 1 aliphatic rings. The minimum atomic E-state index is -0.313. The highest BCUT2D eigenvalue weighted by molar-refractivity contribution is 7.80. The average Bonchev–Trinajstić information content (AvgIpc) is 2.84. The fraction of sp³-hybridized carbons (Fsp3) is 0.0588. The number of fused-ring (bicyclic) bond motifs is 1. The Labute approximate surface area is 144 Å². The molecule has 2 N–H and O–H groups in total. The molecule has 2 amide bonds.